The van der Waals surface area contributed by atoms with Crippen molar-refractivity contribution < 1.29 is 9.53 Å². The summed E-state index contributed by atoms with van der Waals surface area (Å²) in [4.78, 5) is 15.8. The van der Waals surface area contributed by atoms with Crippen LogP contribution in [-0.4, -0.2) is 17.4 Å². The maximum Gasteiger partial charge on any atom is 0.173 e. The number of fused-ring (bicyclic) bond motifs is 2. The molecule has 0 fully saturated rings. The Bertz CT molecular complexity index is 819. The van der Waals surface area contributed by atoms with Crippen LogP contribution in [0.3, 0.4) is 0 Å². The Balaban J connectivity index is 1.65. The van der Waals surface area contributed by atoms with Gasteiger partial charge in [-0.25, -0.2) is 0 Å². The topological polar surface area (TPSA) is 42.1 Å². The van der Waals surface area contributed by atoms with E-state index >= 15 is 0 Å². The Morgan fingerprint density at radius 3 is 2.86 bits per heavy atom. The number of rotatable bonds is 2. The van der Waals surface area contributed by atoms with E-state index < -0.39 is 0 Å². The van der Waals surface area contributed by atoms with E-state index in [0.717, 1.165) is 5.52 Å². The molecule has 1 aliphatic heterocycles. The molecule has 0 spiro atoms. The van der Waals surface area contributed by atoms with Gasteiger partial charge in [0.1, 0.15) is 5.75 Å². The summed E-state index contributed by atoms with van der Waals surface area (Å²) in [6, 6.07) is 15.6. The van der Waals surface area contributed by atoms with Gasteiger partial charge in [-0.15, -0.1) is 0 Å². The summed E-state index contributed by atoms with van der Waals surface area (Å²) in [5, 5.41) is 1.18. The van der Waals surface area contributed by atoms with Crippen LogP contribution in [0.5, 0.6) is 5.75 Å². The molecular formula is C18H15NO2. The molecule has 1 N–H and O–H groups in total. The molecule has 3 heteroatoms. The molecule has 3 aromatic rings. The number of nitrogens with one attached hydrogen (secondary N) is 1. The van der Waals surface area contributed by atoms with Crippen molar-refractivity contribution >= 4 is 16.7 Å². The molecule has 1 aromatic heterocycles. The predicted molar refractivity (Wildman–Crippen MR) is 81.8 cm³/mol. The highest BCUT2D eigenvalue weighted by molar-refractivity contribution is 6.01. The third-order valence-corrected chi connectivity index (χ3v) is 4.10. The number of aromatic nitrogens is 1. The molecule has 0 amide bonds. The lowest BCUT2D eigenvalue weighted by Crippen LogP contribution is -2.29. The number of ether oxygens (including phenoxy) is 1. The Labute approximate surface area is 122 Å². The molecule has 2 heterocycles. The highest BCUT2D eigenvalue weighted by Gasteiger charge is 2.29. The molecule has 0 saturated heterocycles. The van der Waals surface area contributed by atoms with Gasteiger partial charge in [0.15, 0.2) is 5.78 Å². The van der Waals surface area contributed by atoms with Crippen LogP contribution in [0.25, 0.3) is 10.9 Å². The number of carbonyl (C=O) groups excluding carboxylic acids is 1. The summed E-state index contributed by atoms with van der Waals surface area (Å²) < 4.78 is 5.74. The standard InChI is InChI=1S/C18H15NO2/c20-18-13(11-21-17-8-4-2-6-15(17)18)9-12-10-19-16-7-3-1-5-14(12)16/h1-8,10,13,19H,9,11H2/t13-/m0/s1. The molecule has 0 saturated carbocycles. The summed E-state index contributed by atoms with van der Waals surface area (Å²) in [6.07, 6.45) is 2.70. The molecule has 0 bridgehead atoms. The van der Waals surface area contributed by atoms with E-state index in [0.29, 0.717) is 24.3 Å². The third kappa shape index (κ3) is 2.02. The molecule has 21 heavy (non-hydrogen) atoms. The van der Waals surface area contributed by atoms with Crippen molar-refractivity contribution in [2.24, 2.45) is 5.92 Å². The van der Waals surface area contributed by atoms with Crippen molar-refractivity contribution in [1.82, 2.24) is 4.98 Å². The largest absolute Gasteiger partial charge is 0.492 e. The maximum absolute atomic E-state index is 12.6. The average Bonchev–Trinajstić information content (AvgIpc) is 2.94. The highest BCUT2D eigenvalue weighted by Crippen LogP contribution is 2.30. The van der Waals surface area contributed by atoms with Gasteiger partial charge in [0.25, 0.3) is 0 Å². The van der Waals surface area contributed by atoms with Gasteiger partial charge in [-0.2, -0.15) is 0 Å². The van der Waals surface area contributed by atoms with Gasteiger partial charge in [-0.1, -0.05) is 30.3 Å². The van der Waals surface area contributed by atoms with Crippen molar-refractivity contribution in [3.63, 3.8) is 0 Å². The lowest BCUT2D eigenvalue weighted by Gasteiger charge is -2.23. The Morgan fingerprint density at radius 2 is 1.90 bits per heavy atom. The Kier molecular flexibility index (Phi) is 2.78. The van der Waals surface area contributed by atoms with E-state index in [9.17, 15) is 4.79 Å². The molecule has 3 nitrogen and oxygen atoms in total. The number of hydrogen-bond acceptors (Lipinski definition) is 2. The smallest absolute Gasteiger partial charge is 0.173 e. The lowest BCUT2D eigenvalue weighted by atomic mass is 9.89. The second kappa shape index (κ2) is 4.77. The van der Waals surface area contributed by atoms with E-state index in [-0.39, 0.29) is 11.7 Å². The monoisotopic (exact) mass is 277 g/mol. The first-order valence-corrected chi connectivity index (χ1v) is 7.14. The first-order chi connectivity index (χ1) is 10.3. The van der Waals surface area contributed by atoms with Crippen LogP contribution in [0, 0.1) is 5.92 Å². The van der Waals surface area contributed by atoms with Crippen LogP contribution < -0.4 is 4.74 Å². The second-order valence-corrected chi connectivity index (χ2v) is 5.43. The van der Waals surface area contributed by atoms with E-state index in [1.165, 1.54) is 10.9 Å². The molecule has 0 radical (unpaired) electrons. The van der Waals surface area contributed by atoms with Gasteiger partial charge in [0.05, 0.1) is 18.1 Å². The Hall–Kier alpha value is -2.55. The molecule has 1 aliphatic rings. The Morgan fingerprint density at radius 1 is 1.10 bits per heavy atom. The van der Waals surface area contributed by atoms with Crippen molar-refractivity contribution in [2.45, 2.75) is 6.42 Å². The number of carbonyl (C=O) groups is 1. The number of H-pyrrole nitrogens is 1. The first kappa shape index (κ1) is 12.2. The molecule has 2 aromatic carbocycles. The van der Waals surface area contributed by atoms with E-state index in [4.69, 9.17) is 4.74 Å². The lowest BCUT2D eigenvalue weighted by molar-refractivity contribution is 0.0831. The van der Waals surface area contributed by atoms with E-state index in [1.807, 2.05) is 48.7 Å². The zero-order valence-electron chi connectivity index (χ0n) is 11.5. The number of aromatic amines is 1. The second-order valence-electron chi connectivity index (χ2n) is 5.43. The van der Waals surface area contributed by atoms with Gasteiger partial charge >= 0.3 is 0 Å². The van der Waals surface area contributed by atoms with Crippen LogP contribution in [0.1, 0.15) is 15.9 Å². The zero-order chi connectivity index (χ0) is 14.2. The maximum atomic E-state index is 12.6. The summed E-state index contributed by atoms with van der Waals surface area (Å²) in [7, 11) is 0. The van der Waals surface area contributed by atoms with E-state index in [1.54, 1.807) is 0 Å². The van der Waals surface area contributed by atoms with Gasteiger partial charge < -0.3 is 9.72 Å². The number of hydrogen-bond donors (Lipinski definition) is 1. The summed E-state index contributed by atoms with van der Waals surface area (Å²) in [5.74, 6) is 0.777. The summed E-state index contributed by atoms with van der Waals surface area (Å²) >= 11 is 0. The normalized spacial score (nSPS) is 17.5. The van der Waals surface area contributed by atoms with E-state index in [2.05, 4.69) is 11.1 Å². The SMILES string of the molecule is O=C1c2ccccc2OC[C@@H]1Cc1c[nH]c2ccccc12. The number of benzene rings is 2. The first-order valence-electron chi connectivity index (χ1n) is 7.14. The van der Waals surface area contributed by atoms with Crippen LogP contribution in [0.2, 0.25) is 0 Å². The number of ketones is 1. The fourth-order valence-corrected chi connectivity index (χ4v) is 3.00. The summed E-state index contributed by atoms with van der Waals surface area (Å²) in [6.45, 7) is 0.454. The zero-order valence-corrected chi connectivity index (χ0v) is 11.5. The van der Waals surface area contributed by atoms with Crippen molar-refractivity contribution in [3.05, 3.63) is 65.9 Å². The quantitative estimate of drug-likeness (QED) is 0.777. The van der Waals surface area contributed by atoms with Gasteiger partial charge in [0.2, 0.25) is 0 Å². The van der Waals surface area contributed by atoms with Gasteiger partial charge in [0, 0.05) is 17.1 Å². The predicted octanol–water partition coefficient (Wildman–Crippen LogP) is 3.60. The minimum atomic E-state index is -0.112. The highest BCUT2D eigenvalue weighted by atomic mass is 16.5. The average molecular weight is 277 g/mol. The van der Waals surface area contributed by atoms with Gasteiger partial charge in [-0.05, 0) is 30.2 Å². The van der Waals surface area contributed by atoms with Gasteiger partial charge in [-0.3, -0.25) is 4.79 Å². The fraction of sp³-hybridized carbons (Fsp3) is 0.167. The van der Waals surface area contributed by atoms with Crippen LogP contribution >= 0.6 is 0 Å². The van der Waals surface area contributed by atoms with Crippen molar-refractivity contribution in [1.29, 1.82) is 0 Å². The minimum Gasteiger partial charge on any atom is -0.492 e. The molecular weight excluding hydrogens is 262 g/mol. The number of para-hydroxylation sites is 2. The third-order valence-electron chi connectivity index (χ3n) is 4.10. The van der Waals surface area contributed by atoms with Crippen LogP contribution in [0.15, 0.2) is 54.7 Å². The minimum absolute atomic E-state index is 0.112. The van der Waals surface area contributed by atoms with Crippen LogP contribution in [-0.2, 0) is 6.42 Å². The molecule has 4 rings (SSSR count). The number of Topliss-reactive ketones (excluding diaryl/α,β-unsaturated/α-hetero) is 1. The molecule has 0 aliphatic carbocycles. The van der Waals surface area contributed by atoms with Crippen molar-refractivity contribution in [3.8, 4) is 5.75 Å². The molecule has 0 unspecified atom stereocenters. The fourth-order valence-electron chi connectivity index (χ4n) is 3.00. The van der Waals surface area contributed by atoms with Crippen LogP contribution in [0.4, 0.5) is 0 Å². The molecule has 1 atom stereocenters. The van der Waals surface area contributed by atoms with Crippen molar-refractivity contribution in [2.75, 3.05) is 6.61 Å². The molecule has 104 valence electrons. The summed E-state index contributed by atoms with van der Waals surface area (Å²) in [5.41, 5.74) is 2.98.